The Balaban J connectivity index is 2.77. The van der Waals surface area contributed by atoms with Crippen molar-refractivity contribution in [2.45, 2.75) is 32.6 Å². The molecule has 0 N–H and O–H groups in total. The van der Waals surface area contributed by atoms with Crippen LogP contribution in [0.5, 0.6) is 0 Å². The lowest BCUT2D eigenvalue weighted by Crippen LogP contribution is -2.27. The summed E-state index contributed by atoms with van der Waals surface area (Å²) >= 11 is 3.36. The molecule has 1 aromatic carbocycles. The van der Waals surface area contributed by atoms with Gasteiger partial charge in [0, 0.05) is 10.9 Å². The summed E-state index contributed by atoms with van der Waals surface area (Å²) in [4.78, 5) is 23.8. The van der Waals surface area contributed by atoms with E-state index in [1.807, 2.05) is 31.2 Å². The first-order valence-corrected chi connectivity index (χ1v) is 7.22. The van der Waals surface area contributed by atoms with Crippen molar-refractivity contribution in [1.82, 2.24) is 0 Å². The Hall–Kier alpha value is -1.16. The van der Waals surface area contributed by atoms with Crippen molar-refractivity contribution in [3.05, 3.63) is 34.3 Å². The van der Waals surface area contributed by atoms with Gasteiger partial charge in [0.25, 0.3) is 0 Å². The molecule has 0 spiro atoms. The van der Waals surface area contributed by atoms with Crippen molar-refractivity contribution in [1.29, 1.82) is 0 Å². The van der Waals surface area contributed by atoms with Gasteiger partial charge in [-0.1, -0.05) is 41.4 Å². The second kappa shape index (κ2) is 8.10. The predicted molar refractivity (Wildman–Crippen MR) is 77.9 cm³/mol. The minimum absolute atomic E-state index is 0.0309. The quantitative estimate of drug-likeness (QED) is 0.568. The van der Waals surface area contributed by atoms with E-state index in [0.29, 0.717) is 12.8 Å². The standard InChI is InChI=1S/C15H19BrO3/c1-3-4-5-14(17)13(15(18)19-2)10-11-6-8-12(16)9-7-11/h6-9,13H,3-5,10H2,1-2H3. The van der Waals surface area contributed by atoms with Crippen molar-refractivity contribution < 1.29 is 14.3 Å². The van der Waals surface area contributed by atoms with Crippen molar-refractivity contribution in [3.63, 3.8) is 0 Å². The first kappa shape index (κ1) is 15.9. The van der Waals surface area contributed by atoms with E-state index in [1.165, 1.54) is 7.11 Å². The molecule has 0 heterocycles. The Bertz CT molecular complexity index is 426. The number of unbranched alkanes of at least 4 members (excludes halogenated alkanes) is 1. The average Bonchev–Trinajstić information content (AvgIpc) is 2.43. The SMILES string of the molecule is CCCCC(=O)C(Cc1ccc(Br)cc1)C(=O)OC. The van der Waals surface area contributed by atoms with E-state index in [4.69, 9.17) is 4.74 Å². The summed E-state index contributed by atoms with van der Waals surface area (Å²) in [6.45, 7) is 2.02. The number of ketones is 1. The number of hydrogen-bond acceptors (Lipinski definition) is 3. The Morgan fingerprint density at radius 3 is 2.42 bits per heavy atom. The normalized spacial score (nSPS) is 11.9. The lowest BCUT2D eigenvalue weighted by molar-refractivity contribution is -0.149. The van der Waals surface area contributed by atoms with Crippen molar-refractivity contribution >= 4 is 27.7 Å². The summed E-state index contributed by atoms with van der Waals surface area (Å²) < 4.78 is 5.72. The number of esters is 1. The van der Waals surface area contributed by atoms with E-state index in [9.17, 15) is 9.59 Å². The first-order valence-electron chi connectivity index (χ1n) is 6.43. The monoisotopic (exact) mass is 326 g/mol. The minimum Gasteiger partial charge on any atom is -0.468 e. The zero-order valence-electron chi connectivity index (χ0n) is 11.3. The molecule has 0 saturated carbocycles. The fraction of sp³-hybridized carbons (Fsp3) is 0.467. The fourth-order valence-corrected chi connectivity index (χ4v) is 2.12. The summed E-state index contributed by atoms with van der Waals surface area (Å²) in [6, 6.07) is 7.63. The molecule has 19 heavy (non-hydrogen) atoms. The molecule has 0 bridgehead atoms. The number of methoxy groups -OCH3 is 1. The Kier molecular flexibility index (Phi) is 6.78. The third-order valence-electron chi connectivity index (χ3n) is 3.00. The third-order valence-corrected chi connectivity index (χ3v) is 3.53. The van der Waals surface area contributed by atoms with E-state index in [0.717, 1.165) is 22.9 Å². The molecule has 0 aliphatic carbocycles. The molecule has 1 rings (SSSR count). The Labute approximate surface area is 122 Å². The zero-order chi connectivity index (χ0) is 14.3. The maximum atomic E-state index is 12.1. The highest BCUT2D eigenvalue weighted by atomic mass is 79.9. The lowest BCUT2D eigenvalue weighted by Gasteiger charge is -2.13. The smallest absolute Gasteiger partial charge is 0.316 e. The second-order valence-corrected chi connectivity index (χ2v) is 5.39. The van der Waals surface area contributed by atoms with Crippen molar-refractivity contribution in [3.8, 4) is 0 Å². The van der Waals surface area contributed by atoms with Gasteiger partial charge in [0.1, 0.15) is 11.7 Å². The molecule has 1 atom stereocenters. The Morgan fingerprint density at radius 1 is 1.26 bits per heavy atom. The van der Waals surface area contributed by atoms with Crippen LogP contribution in [0.4, 0.5) is 0 Å². The summed E-state index contributed by atoms with van der Waals surface area (Å²) in [5, 5.41) is 0. The number of ether oxygens (including phenoxy) is 1. The van der Waals surface area contributed by atoms with Crippen LogP contribution < -0.4 is 0 Å². The molecule has 4 heteroatoms. The van der Waals surface area contributed by atoms with Crippen LogP contribution in [-0.4, -0.2) is 18.9 Å². The maximum Gasteiger partial charge on any atom is 0.316 e. The number of rotatable bonds is 7. The van der Waals surface area contributed by atoms with Crippen molar-refractivity contribution in [2.24, 2.45) is 5.92 Å². The van der Waals surface area contributed by atoms with E-state index in [-0.39, 0.29) is 5.78 Å². The van der Waals surface area contributed by atoms with Gasteiger partial charge in [0.2, 0.25) is 0 Å². The van der Waals surface area contributed by atoms with Gasteiger partial charge in [0.15, 0.2) is 0 Å². The molecule has 0 aliphatic rings. The van der Waals surface area contributed by atoms with Gasteiger partial charge >= 0.3 is 5.97 Å². The molecule has 0 fully saturated rings. The molecule has 0 radical (unpaired) electrons. The third kappa shape index (κ3) is 5.15. The van der Waals surface area contributed by atoms with Crippen LogP contribution in [-0.2, 0) is 20.7 Å². The van der Waals surface area contributed by atoms with Gasteiger partial charge in [-0.2, -0.15) is 0 Å². The number of carbonyl (C=O) groups is 2. The number of benzene rings is 1. The van der Waals surface area contributed by atoms with Gasteiger partial charge in [-0.05, 0) is 30.5 Å². The predicted octanol–water partition coefficient (Wildman–Crippen LogP) is 3.54. The van der Waals surface area contributed by atoms with Crippen LogP contribution >= 0.6 is 15.9 Å². The van der Waals surface area contributed by atoms with Crippen LogP contribution in [0.1, 0.15) is 31.7 Å². The summed E-state index contributed by atoms with van der Waals surface area (Å²) in [5.41, 5.74) is 0.962. The number of halogens is 1. The molecule has 0 amide bonds. The summed E-state index contributed by atoms with van der Waals surface area (Å²) in [6.07, 6.45) is 2.60. The second-order valence-electron chi connectivity index (χ2n) is 4.48. The molecule has 104 valence electrons. The maximum absolute atomic E-state index is 12.1. The molecule has 1 aromatic rings. The number of hydrogen-bond donors (Lipinski definition) is 0. The first-order chi connectivity index (χ1) is 9.08. The van der Waals surface area contributed by atoms with Crippen LogP contribution in [0.25, 0.3) is 0 Å². The van der Waals surface area contributed by atoms with Crippen LogP contribution in [0.3, 0.4) is 0 Å². The van der Waals surface area contributed by atoms with E-state index in [1.54, 1.807) is 0 Å². The minimum atomic E-state index is -0.683. The largest absolute Gasteiger partial charge is 0.468 e. The molecule has 3 nitrogen and oxygen atoms in total. The van der Waals surface area contributed by atoms with E-state index < -0.39 is 11.9 Å². The summed E-state index contributed by atoms with van der Waals surface area (Å²) in [7, 11) is 1.32. The molecule has 1 unspecified atom stereocenters. The average molecular weight is 327 g/mol. The number of carbonyl (C=O) groups excluding carboxylic acids is 2. The van der Waals surface area contributed by atoms with Crippen molar-refractivity contribution in [2.75, 3.05) is 7.11 Å². The van der Waals surface area contributed by atoms with Gasteiger partial charge in [-0.25, -0.2) is 0 Å². The molecule has 0 saturated heterocycles. The van der Waals surface area contributed by atoms with Gasteiger partial charge < -0.3 is 4.74 Å². The highest BCUT2D eigenvalue weighted by Gasteiger charge is 2.26. The zero-order valence-corrected chi connectivity index (χ0v) is 12.9. The van der Waals surface area contributed by atoms with Gasteiger partial charge in [0.05, 0.1) is 7.11 Å². The lowest BCUT2D eigenvalue weighted by atomic mass is 9.92. The molecule has 0 aromatic heterocycles. The summed E-state index contributed by atoms with van der Waals surface area (Å²) in [5.74, 6) is -1.15. The molecular formula is C15H19BrO3. The van der Waals surface area contributed by atoms with Gasteiger partial charge in [-0.15, -0.1) is 0 Å². The highest BCUT2D eigenvalue weighted by molar-refractivity contribution is 9.10. The Morgan fingerprint density at radius 2 is 1.89 bits per heavy atom. The highest BCUT2D eigenvalue weighted by Crippen LogP contribution is 2.17. The number of Topliss-reactive ketones (excluding diaryl/α,β-unsaturated/α-hetero) is 1. The van der Waals surface area contributed by atoms with Gasteiger partial charge in [-0.3, -0.25) is 9.59 Å². The van der Waals surface area contributed by atoms with E-state index in [2.05, 4.69) is 15.9 Å². The molecule has 0 aliphatic heterocycles. The van der Waals surface area contributed by atoms with Crippen LogP contribution in [0.15, 0.2) is 28.7 Å². The molecular weight excluding hydrogens is 308 g/mol. The van der Waals surface area contributed by atoms with E-state index >= 15 is 0 Å². The van der Waals surface area contributed by atoms with Crippen LogP contribution in [0, 0.1) is 5.92 Å². The van der Waals surface area contributed by atoms with Crippen LogP contribution in [0.2, 0.25) is 0 Å². The fourth-order valence-electron chi connectivity index (χ4n) is 1.85. The topological polar surface area (TPSA) is 43.4 Å².